The van der Waals surface area contributed by atoms with E-state index in [1.165, 1.54) is 11.3 Å². The fraction of sp³-hybridized carbons (Fsp3) is 0.188. The van der Waals surface area contributed by atoms with Crippen molar-refractivity contribution < 1.29 is 9.53 Å². The minimum atomic E-state index is 0.138. The second kappa shape index (κ2) is 5.51. The second-order valence-electron chi connectivity index (χ2n) is 4.47. The highest BCUT2D eigenvalue weighted by atomic mass is 32.1. The lowest BCUT2D eigenvalue weighted by Gasteiger charge is -2.07. The molecule has 3 rings (SSSR count). The number of ketones is 1. The van der Waals surface area contributed by atoms with Crippen molar-refractivity contribution in [3.63, 3.8) is 0 Å². The zero-order valence-corrected chi connectivity index (χ0v) is 12.0. The summed E-state index contributed by atoms with van der Waals surface area (Å²) in [6.07, 6.45) is 1.94. The molecule has 102 valence electrons. The lowest BCUT2D eigenvalue weighted by atomic mass is 10.2. The number of benzene rings is 1. The molecule has 0 atom stereocenters. The van der Waals surface area contributed by atoms with Crippen molar-refractivity contribution in [3.8, 4) is 5.75 Å². The Bertz CT molecular complexity index is 728. The highest BCUT2D eigenvalue weighted by Crippen LogP contribution is 2.27. The Kier molecular flexibility index (Phi) is 3.56. The number of nitrogens with zero attached hydrogens (tertiary/aromatic N) is 1. The van der Waals surface area contributed by atoms with Crippen molar-refractivity contribution in [2.75, 3.05) is 6.61 Å². The smallest absolute Gasteiger partial charge is 0.192 e. The Morgan fingerprint density at radius 1 is 1.25 bits per heavy atom. The third-order valence-electron chi connectivity index (χ3n) is 3.18. The molecule has 1 aromatic carbocycles. The molecule has 0 saturated heterocycles. The van der Waals surface area contributed by atoms with Gasteiger partial charge in [0.05, 0.1) is 23.5 Å². The Labute approximate surface area is 121 Å². The maximum absolute atomic E-state index is 12.2. The summed E-state index contributed by atoms with van der Waals surface area (Å²) in [4.78, 5) is 13.0. The average molecular weight is 285 g/mol. The third kappa shape index (κ3) is 2.34. The predicted octanol–water partition coefficient (Wildman–Crippen LogP) is 3.98. The fourth-order valence-electron chi connectivity index (χ4n) is 2.28. The topological polar surface area (TPSA) is 31.2 Å². The molecule has 20 heavy (non-hydrogen) atoms. The molecule has 0 spiro atoms. The molecule has 2 heterocycles. The molecule has 0 saturated carbocycles. The van der Waals surface area contributed by atoms with Crippen LogP contribution >= 0.6 is 11.3 Å². The van der Waals surface area contributed by atoms with Gasteiger partial charge in [-0.05, 0) is 36.6 Å². The van der Waals surface area contributed by atoms with Crippen LogP contribution in [0.4, 0.5) is 0 Å². The predicted molar refractivity (Wildman–Crippen MR) is 81.8 cm³/mol. The minimum Gasteiger partial charge on any atom is -0.493 e. The van der Waals surface area contributed by atoms with Crippen LogP contribution in [-0.2, 0) is 6.54 Å². The van der Waals surface area contributed by atoms with Crippen LogP contribution in [0.1, 0.15) is 16.6 Å². The molecule has 4 heteroatoms. The zero-order chi connectivity index (χ0) is 13.9. The van der Waals surface area contributed by atoms with E-state index in [2.05, 4.69) is 0 Å². The highest BCUT2D eigenvalue weighted by Gasteiger charge is 2.11. The first kappa shape index (κ1) is 12.9. The summed E-state index contributed by atoms with van der Waals surface area (Å²) in [6.45, 7) is 2.97. The van der Waals surface area contributed by atoms with E-state index < -0.39 is 0 Å². The van der Waals surface area contributed by atoms with E-state index in [0.717, 1.165) is 21.5 Å². The van der Waals surface area contributed by atoms with Gasteiger partial charge in [-0.25, -0.2) is 0 Å². The molecule has 0 aliphatic carbocycles. The van der Waals surface area contributed by atoms with Gasteiger partial charge in [-0.2, -0.15) is 0 Å². The monoisotopic (exact) mass is 285 g/mol. The number of thiophene rings is 1. The van der Waals surface area contributed by atoms with E-state index in [9.17, 15) is 4.79 Å². The van der Waals surface area contributed by atoms with Gasteiger partial charge in [0.2, 0.25) is 0 Å². The van der Waals surface area contributed by atoms with Crippen LogP contribution in [0.2, 0.25) is 0 Å². The van der Waals surface area contributed by atoms with Crippen molar-refractivity contribution in [1.82, 2.24) is 4.57 Å². The second-order valence-corrected chi connectivity index (χ2v) is 5.41. The molecule has 0 radical (unpaired) electrons. The molecule has 0 bridgehead atoms. The van der Waals surface area contributed by atoms with Crippen molar-refractivity contribution >= 4 is 28.0 Å². The number of carbonyl (C=O) groups excluding carboxylic acids is 1. The van der Waals surface area contributed by atoms with E-state index in [1.54, 1.807) is 0 Å². The fourth-order valence-corrected chi connectivity index (χ4v) is 2.94. The molecule has 0 N–H and O–H groups in total. The number of hydrogen-bond donors (Lipinski definition) is 0. The zero-order valence-electron chi connectivity index (χ0n) is 11.2. The van der Waals surface area contributed by atoms with Gasteiger partial charge in [0.15, 0.2) is 5.78 Å². The summed E-state index contributed by atoms with van der Waals surface area (Å²) in [5.41, 5.74) is 1.03. The molecular formula is C16H15NO2S. The standard InChI is InChI=1S/C16H15NO2S/c1-2-19-15-6-3-5-13-12(15)8-9-17(13)11-14(18)16-7-4-10-20-16/h3-10H,2,11H2,1H3. The summed E-state index contributed by atoms with van der Waals surface area (Å²) in [5.74, 6) is 1.01. The Morgan fingerprint density at radius 2 is 2.15 bits per heavy atom. The van der Waals surface area contributed by atoms with E-state index in [4.69, 9.17) is 4.74 Å². The molecule has 3 aromatic rings. The minimum absolute atomic E-state index is 0.138. The Balaban J connectivity index is 1.93. The number of aromatic nitrogens is 1. The number of carbonyl (C=O) groups is 1. The van der Waals surface area contributed by atoms with Gasteiger partial charge < -0.3 is 9.30 Å². The maximum atomic E-state index is 12.2. The van der Waals surface area contributed by atoms with E-state index >= 15 is 0 Å². The van der Waals surface area contributed by atoms with Crippen LogP contribution in [0, 0.1) is 0 Å². The molecule has 0 fully saturated rings. The molecule has 2 aromatic heterocycles. The molecular weight excluding hydrogens is 270 g/mol. The SMILES string of the molecule is CCOc1cccc2c1ccn2CC(=O)c1cccs1. The number of fused-ring (bicyclic) bond motifs is 1. The van der Waals surface area contributed by atoms with Gasteiger partial charge in [0, 0.05) is 11.6 Å². The van der Waals surface area contributed by atoms with E-state index in [0.29, 0.717) is 13.2 Å². The molecule has 0 unspecified atom stereocenters. The Morgan fingerprint density at radius 3 is 2.90 bits per heavy atom. The van der Waals surface area contributed by atoms with Crippen LogP contribution < -0.4 is 4.74 Å². The first-order chi connectivity index (χ1) is 9.79. The first-order valence-corrected chi connectivity index (χ1v) is 7.45. The molecule has 0 amide bonds. The third-order valence-corrected chi connectivity index (χ3v) is 4.09. The summed E-state index contributed by atoms with van der Waals surface area (Å²) >= 11 is 1.48. The van der Waals surface area contributed by atoms with Crippen LogP contribution in [-0.4, -0.2) is 17.0 Å². The van der Waals surface area contributed by atoms with Crippen LogP contribution in [0.5, 0.6) is 5.75 Å². The van der Waals surface area contributed by atoms with E-state index in [-0.39, 0.29) is 5.78 Å². The lowest BCUT2D eigenvalue weighted by molar-refractivity contribution is 0.0977. The number of ether oxygens (including phenoxy) is 1. The van der Waals surface area contributed by atoms with Crippen LogP contribution in [0.25, 0.3) is 10.9 Å². The van der Waals surface area contributed by atoms with E-state index in [1.807, 2.05) is 59.5 Å². The summed E-state index contributed by atoms with van der Waals surface area (Å²) < 4.78 is 7.59. The van der Waals surface area contributed by atoms with Gasteiger partial charge >= 0.3 is 0 Å². The summed E-state index contributed by atoms with van der Waals surface area (Å²) in [6, 6.07) is 11.7. The van der Waals surface area contributed by atoms with Gasteiger partial charge in [0.25, 0.3) is 0 Å². The average Bonchev–Trinajstić information content (AvgIpc) is 3.09. The largest absolute Gasteiger partial charge is 0.493 e. The number of rotatable bonds is 5. The quantitative estimate of drug-likeness (QED) is 0.664. The summed E-state index contributed by atoms with van der Waals surface area (Å²) in [7, 11) is 0. The molecule has 3 nitrogen and oxygen atoms in total. The van der Waals surface area contributed by atoms with Gasteiger partial charge in [-0.15, -0.1) is 11.3 Å². The molecule has 0 aliphatic heterocycles. The van der Waals surface area contributed by atoms with Gasteiger partial charge in [-0.1, -0.05) is 12.1 Å². The number of Topliss-reactive ketones (excluding diaryl/α,β-unsaturated/α-hetero) is 1. The van der Waals surface area contributed by atoms with Gasteiger partial charge in [-0.3, -0.25) is 4.79 Å². The number of hydrogen-bond acceptors (Lipinski definition) is 3. The van der Waals surface area contributed by atoms with Gasteiger partial charge in [0.1, 0.15) is 5.75 Å². The Hall–Kier alpha value is -2.07. The maximum Gasteiger partial charge on any atom is 0.192 e. The normalized spacial score (nSPS) is 10.8. The summed E-state index contributed by atoms with van der Waals surface area (Å²) in [5, 5.41) is 2.97. The van der Waals surface area contributed by atoms with Crippen molar-refractivity contribution in [3.05, 3.63) is 52.9 Å². The first-order valence-electron chi connectivity index (χ1n) is 6.57. The van der Waals surface area contributed by atoms with Crippen LogP contribution in [0.3, 0.4) is 0 Å². The van der Waals surface area contributed by atoms with Crippen molar-refractivity contribution in [2.45, 2.75) is 13.5 Å². The highest BCUT2D eigenvalue weighted by molar-refractivity contribution is 7.12. The van der Waals surface area contributed by atoms with Crippen molar-refractivity contribution in [2.24, 2.45) is 0 Å². The van der Waals surface area contributed by atoms with Crippen LogP contribution in [0.15, 0.2) is 48.0 Å². The van der Waals surface area contributed by atoms with Crippen molar-refractivity contribution in [1.29, 1.82) is 0 Å². The lowest BCUT2D eigenvalue weighted by Crippen LogP contribution is -2.07. The molecule has 0 aliphatic rings.